The monoisotopic (exact) mass is 423 g/mol. The second-order valence-corrected chi connectivity index (χ2v) is 8.43. The van der Waals surface area contributed by atoms with Crippen LogP contribution in [0.4, 0.5) is 16.3 Å². The zero-order chi connectivity index (χ0) is 21.3. The Morgan fingerprint density at radius 2 is 2.20 bits per heavy atom. The number of rotatable bonds is 4. The lowest BCUT2D eigenvalue weighted by Gasteiger charge is -2.17. The Balaban J connectivity index is 1.74. The van der Waals surface area contributed by atoms with E-state index in [2.05, 4.69) is 39.7 Å². The van der Waals surface area contributed by atoms with Crippen LogP contribution in [-0.4, -0.2) is 29.7 Å². The molecule has 1 aromatic carbocycles. The van der Waals surface area contributed by atoms with Crippen LogP contribution in [0.5, 0.6) is 5.75 Å². The molecule has 4 N–H and O–H groups in total. The van der Waals surface area contributed by atoms with Crippen molar-refractivity contribution >= 4 is 34.9 Å². The van der Waals surface area contributed by atoms with Crippen molar-refractivity contribution in [3.05, 3.63) is 52.8 Å². The number of urea groups is 1. The lowest BCUT2D eigenvalue weighted by Crippen LogP contribution is -2.28. The molecular weight excluding hydrogens is 398 g/mol. The smallest absolute Gasteiger partial charge is 0.319 e. The van der Waals surface area contributed by atoms with Gasteiger partial charge in [-0.05, 0) is 41.9 Å². The number of nitrogen functional groups attached to an aromatic ring is 1. The maximum absolute atomic E-state index is 12.0. The van der Waals surface area contributed by atoms with Crippen molar-refractivity contribution in [1.29, 1.82) is 0 Å². The second kappa shape index (κ2) is 8.39. The third kappa shape index (κ3) is 3.63. The molecule has 2 amide bonds. The number of anilines is 2. The van der Waals surface area contributed by atoms with E-state index < -0.39 is 0 Å². The number of para-hydroxylation sites is 1. The van der Waals surface area contributed by atoms with E-state index in [-0.39, 0.29) is 11.9 Å². The lowest BCUT2D eigenvalue weighted by molar-refractivity contribution is 0.252. The van der Waals surface area contributed by atoms with Crippen LogP contribution in [0.2, 0.25) is 0 Å². The summed E-state index contributed by atoms with van der Waals surface area (Å²) in [6.07, 6.45) is 6.85. The maximum Gasteiger partial charge on any atom is 0.319 e. The van der Waals surface area contributed by atoms with Gasteiger partial charge in [0, 0.05) is 18.0 Å². The number of methoxy groups -OCH3 is 1. The van der Waals surface area contributed by atoms with Gasteiger partial charge >= 0.3 is 6.03 Å². The number of fused-ring (bicyclic) bond motifs is 3. The van der Waals surface area contributed by atoms with Crippen LogP contribution in [0.1, 0.15) is 37.4 Å². The van der Waals surface area contributed by atoms with Gasteiger partial charge in [-0.3, -0.25) is 0 Å². The fourth-order valence-electron chi connectivity index (χ4n) is 3.97. The van der Waals surface area contributed by atoms with Crippen LogP contribution in [0.25, 0.3) is 5.57 Å². The van der Waals surface area contributed by atoms with E-state index in [1.54, 1.807) is 25.2 Å². The number of carbonyl (C=O) groups is 1. The van der Waals surface area contributed by atoms with E-state index in [4.69, 9.17) is 10.5 Å². The highest BCUT2D eigenvalue weighted by atomic mass is 32.2. The van der Waals surface area contributed by atoms with Crippen LogP contribution in [0.3, 0.4) is 0 Å². The SMILES string of the molecule is CCNC(=O)Nc1cccc(C2=CCC(C)C3C(=C2)Sc2c(N)ncnc23)c1OC. The molecule has 2 unspecified atom stereocenters. The Bertz CT molecular complexity index is 1050. The highest BCUT2D eigenvalue weighted by molar-refractivity contribution is 8.03. The number of nitrogens with one attached hydrogen (secondary N) is 2. The molecule has 4 rings (SSSR count). The molecule has 7 nitrogen and oxygen atoms in total. The molecule has 0 spiro atoms. The van der Waals surface area contributed by atoms with Gasteiger partial charge in [0.25, 0.3) is 0 Å². The minimum Gasteiger partial charge on any atom is -0.494 e. The molecule has 0 saturated heterocycles. The number of benzene rings is 1. The number of aromatic nitrogens is 2. The summed E-state index contributed by atoms with van der Waals surface area (Å²) >= 11 is 1.65. The Labute approximate surface area is 180 Å². The Hall–Kier alpha value is -3.00. The molecule has 1 aromatic heterocycles. The van der Waals surface area contributed by atoms with Gasteiger partial charge in [0.1, 0.15) is 17.9 Å². The van der Waals surface area contributed by atoms with Crippen molar-refractivity contribution in [2.45, 2.75) is 31.1 Å². The summed E-state index contributed by atoms with van der Waals surface area (Å²) in [7, 11) is 1.62. The van der Waals surface area contributed by atoms with E-state index >= 15 is 0 Å². The number of nitrogens with zero attached hydrogens (tertiary/aromatic N) is 2. The summed E-state index contributed by atoms with van der Waals surface area (Å²) < 4.78 is 5.71. The standard InChI is InChI=1S/C22H25N5O2S/c1-4-24-22(28)27-15-7-5-6-14(19(15)29-3)13-9-8-12(2)17-16(10-13)30-20-18(17)25-11-26-21(20)23/h5-7,9-12,17H,4,8H2,1-3H3,(H2,23,25,26)(H2,24,27,28). The van der Waals surface area contributed by atoms with Gasteiger partial charge < -0.3 is 21.1 Å². The van der Waals surface area contributed by atoms with E-state index in [1.165, 1.54) is 4.91 Å². The molecule has 0 radical (unpaired) electrons. The highest BCUT2D eigenvalue weighted by Gasteiger charge is 2.36. The van der Waals surface area contributed by atoms with Gasteiger partial charge in [0.05, 0.1) is 23.4 Å². The zero-order valence-electron chi connectivity index (χ0n) is 17.2. The first-order valence-corrected chi connectivity index (χ1v) is 10.8. The molecule has 2 aromatic rings. The normalized spacial score (nSPS) is 19.7. The summed E-state index contributed by atoms with van der Waals surface area (Å²) in [4.78, 5) is 22.9. The molecule has 1 aliphatic heterocycles. The summed E-state index contributed by atoms with van der Waals surface area (Å²) in [5, 5.41) is 5.62. The molecule has 2 atom stereocenters. The average Bonchev–Trinajstić information content (AvgIpc) is 3.02. The fourth-order valence-corrected chi connectivity index (χ4v) is 5.31. The number of thioether (sulfide) groups is 1. The van der Waals surface area contributed by atoms with Crippen LogP contribution in [0.15, 0.2) is 46.5 Å². The Morgan fingerprint density at radius 3 is 2.97 bits per heavy atom. The van der Waals surface area contributed by atoms with Gasteiger partial charge in [0.15, 0.2) is 0 Å². The van der Waals surface area contributed by atoms with Gasteiger partial charge in [-0.1, -0.05) is 36.9 Å². The van der Waals surface area contributed by atoms with E-state index in [9.17, 15) is 4.79 Å². The zero-order valence-corrected chi connectivity index (χ0v) is 18.0. The molecule has 0 fully saturated rings. The summed E-state index contributed by atoms with van der Waals surface area (Å²) in [6.45, 7) is 4.66. The summed E-state index contributed by atoms with van der Waals surface area (Å²) in [5.74, 6) is 1.74. The third-order valence-corrected chi connectivity index (χ3v) is 6.60. The van der Waals surface area contributed by atoms with Crippen molar-refractivity contribution in [2.24, 2.45) is 5.92 Å². The number of hydrogen-bond acceptors (Lipinski definition) is 6. The van der Waals surface area contributed by atoms with Crippen molar-refractivity contribution in [3.63, 3.8) is 0 Å². The second-order valence-electron chi connectivity index (χ2n) is 7.34. The summed E-state index contributed by atoms with van der Waals surface area (Å²) in [5.41, 5.74) is 9.75. The van der Waals surface area contributed by atoms with Crippen LogP contribution < -0.4 is 21.1 Å². The predicted octanol–water partition coefficient (Wildman–Crippen LogP) is 4.41. The predicted molar refractivity (Wildman–Crippen MR) is 121 cm³/mol. The summed E-state index contributed by atoms with van der Waals surface area (Å²) in [6, 6.07) is 5.51. The number of hydrogen-bond donors (Lipinski definition) is 3. The van der Waals surface area contributed by atoms with Gasteiger partial charge in [-0.25, -0.2) is 14.8 Å². The van der Waals surface area contributed by atoms with Gasteiger partial charge in [0.2, 0.25) is 0 Å². The van der Waals surface area contributed by atoms with Crippen molar-refractivity contribution in [3.8, 4) is 5.75 Å². The Morgan fingerprint density at radius 1 is 1.37 bits per heavy atom. The fraction of sp³-hybridized carbons (Fsp3) is 0.318. The highest BCUT2D eigenvalue weighted by Crippen LogP contribution is 2.55. The largest absolute Gasteiger partial charge is 0.494 e. The molecule has 0 saturated carbocycles. The molecule has 156 valence electrons. The minimum atomic E-state index is -0.259. The molecule has 8 heteroatoms. The van der Waals surface area contributed by atoms with Crippen molar-refractivity contribution in [2.75, 3.05) is 24.7 Å². The quantitative estimate of drug-likeness (QED) is 0.673. The third-order valence-electron chi connectivity index (χ3n) is 5.37. The molecular formula is C22H25N5O2S. The van der Waals surface area contributed by atoms with Crippen LogP contribution >= 0.6 is 11.8 Å². The van der Waals surface area contributed by atoms with E-state index in [1.807, 2.05) is 25.1 Å². The Kier molecular flexibility index (Phi) is 5.67. The van der Waals surface area contributed by atoms with Gasteiger partial charge in [-0.15, -0.1) is 0 Å². The van der Waals surface area contributed by atoms with Crippen molar-refractivity contribution < 1.29 is 9.53 Å². The van der Waals surface area contributed by atoms with Crippen LogP contribution in [0, 0.1) is 5.92 Å². The molecule has 2 heterocycles. The molecule has 2 aliphatic rings. The van der Waals surface area contributed by atoms with Crippen LogP contribution in [-0.2, 0) is 0 Å². The average molecular weight is 424 g/mol. The van der Waals surface area contributed by atoms with E-state index in [0.717, 1.165) is 28.1 Å². The lowest BCUT2D eigenvalue weighted by atomic mass is 9.89. The first-order valence-electron chi connectivity index (χ1n) is 9.95. The van der Waals surface area contributed by atoms with Gasteiger partial charge in [-0.2, -0.15) is 0 Å². The molecule has 0 bridgehead atoms. The van der Waals surface area contributed by atoms with E-state index in [0.29, 0.717) is 29.7 Å². The minimum absolute atomic E-state index is 0.201. The molecule has 1 aliphatic carbocycles. The number of allylic oxidation sites excluding steroid dienone is 4. The number of nitrogens with two attached hydrogens (primary N) is 1. The first-order chi connectivity index (χ1) is 14.5. The maximum atomic E-state index is 12.0. The van der Waals surface area contributed by atoms with Crippen molar-refractivity contribution in [1.82, 2.24) is 15.3 Å². The topological polar surface area (TPSA) is 102 Å². The molecule has 30 heavy (non-hydrogen) atoms. The number of ether oxygens (including phenoxy) is 1. The number of carbonyl (C=O) groups excluding carboxylic acids is 1. The number of amides is 2. The first kappa shape index (κ1) is 20.3.